The molecule has 2 heterocycles. The molecule has 1 amide bonds. The Kier molecular flexibility index (Phi) is 5.18. The van der Waals surface area contributed by atoms with Crippen molar-refractivity contribution in [3.8, 4) is 11.5 Å². The molecule has 0 atom stereocenters. The molecule has 0 aliphatic carbocycles. The number of methoxy groups -OCH3 is 1. The molecule has 0 saturated carbocycles. The summed E-state index contributed by atoms with van der Waals surface area (Å²) in [4.78, 5) is 21.1. The van der Waals surface area contributed by atoms with Gasteiger partial charge in [-0.1, -0.05) is 11.3 Å². The number of hydrogen-bond donors (Lipinski definition) is 1. The average molecular weight is 415 g/mol. The summed E-state index contributed by atoms with van der Waals surface area (Å²) < 4.78 is 24.6. The fourth-order valence-corrected chi connectivity index (χ4v) is 3.98. The maximum atomic E-state index is 12.9. The summed E-state index contributed by atoms with van der Waals surface area (Å²) in [6.07, 6.45) is 0. The van der Waals surface area contributed by atoms with Crippen molar-refractivity contribution in [2.45, 2.75) is 6.61 Å². The van der Waals surface area contributed by atoms with Gasteiger partial charge in [-0.25, -0.2) is 14.4 Å². The van der Waals surface area contributed by atoms with E-state index in [4.69, 9.17) is 9.47 Å². The number of rotatable bonds is 6. The smallest absolute Gasteiger partial charge is 0.276 e. The van der Waals surface area contributed by atoms with Gasteiger partial charge in [-0.3, -0.25) is 10.1 Å². The molecule has 1 N–H and O–H groups in total. The lowest BCUT2D eigenvalue weighted by Gasteiger charge is -2.03. The van der Waals surface area contributed by atoms with Gasteiger partial charge >= 0.3 is 0 Å². The molecule has 0 saturated heterocycles. The highest BCUT2D eigenvalue weighted by Gasteiger charge is 2.14. The van der Waals surface area contributed by atoms with E-state index in [1.54, 1.807) is 24.6 Å². The average Bonchev–Trinajstić information content (AvgIpc) is 3.33. The summed E-state index contributed by atoms with van der Waals surface area (Å²) in [7, 11) is 1.60. The van der Waals surface area contributed by atoms with Gasteiger partial charge in [0.1, 0.15) is 34.6 Å². The summed E-state index contributed by atoms with van der Waals surface area (Å²) in [6, 6.07) is 11.3. The van der Waals surface area contributed by atoms with Gasteiger partial charge in [0.25, 0.3) is 5.91 Å². The number of fused-ring (bicyclic) bond motifs is 1. The van der Waals surface area contributed by atoms with Gasteiger partial charge in [0.15, 0.2) is 5.13 Å². The van der Waals surface area contributed by atoms with Crippen LogP contribution >= 0.6 is 22.7 Å². The second-order valence-corrected chi connectivity index (χ2v) is 7.65. The number of hydrogen-bond acceptors (Lipinski definition) is 7. The van der Waals surface area contributed by atoms with Crippen LogP contribution in [0.15, 0.2) is 47.8 Å². The monoisotopic (exact) mass is 415 g/mol. The number of carbonyl (C=O) groups is 1. The topological polar surface area (TPSA) is 73.3 Å². The molecule has 2 aromatic heterocycles. The molecule has 9 heteroatoms. The fraction of sp³-hybridized carbons (Fsp3) is 0.105. The zero-order valence-electron chi connectivity index (χ0n) is 14.6. The van der Waals surface area contributed by atoms with Crippen molar-refractivity contribution < 1.29 is 18.7 Å². The molecule has 4 rings (SSSR count). The Balaban J connectivity index is 1.40. The van der Waals surface area contributed by atoms with Crippen LogP contribution in [0.3, 0.4) is 0 Å². The lowest BCUT2D eigenvalue weighted by atomic mass is 10.3. The van der Waals surface area contributed by atoms with Crippen molar-refractivity contribution in [3.63, 3.8) is 0 Å². The molecule has 142 valence electrons. The highest BCUT2D eigenvalue weighted by Crippen LogP contribution is 2.29. The molecule has 0 unspecified atom stereocenters. The van der Waals surface area contributed by atoms with E-state index in [-0.39, 0.29) is 18.3 Å². The van der Waals surface area contributed by atoms with Crippen LogP contribution in [0.4, 0.5) is 9.52 Å². The molecule has 0 spiro atoms. The highest BCUT2D eigenvalue weighted by molar-refractivity contribution is 7.22. The van der Waals surface area contributed by atoms with Crippen LogP contribution in [-0.4, -0.2) is 23.0 Å². The number of carbonyl (C=O) groups excluding carboxylic acids is 1. The summed E-state index contributed by atoms with van der Waals surface area (Å²) in [5.74, 6) is 0.607. The van der Waals surface area contributed by atoms with E-state index < -0.39 is 0 Å². The maximum Gasteiger partial charge on any atom is 0.276 e. The summed E-state index contributed by atoms with van der Waals surface area (Å²) in [5.41, 5.74) is 1.08. The lowest BCUT2D eigenvalue weighted by molar-refractivity contribution is 0.102. The van der Waals surface area contributed by atoms with Crippen molar-refractivity contribution in [1.29, 1.82) is 0 Å². The first-order chi connectivity index (χ1) is 13.6. The largest absolute Gasteiger partial charge is 0.497 e. The third-order valence-electron chi connectivity index (χ3n) is 3.78. The molecular formula is C19H14FN3O3S2. The Morgan fingerprint density at radius 2 is 1.93 bits per heavy atom. The number of aromatic nitrogens is 2. The zero-order chi connectivity index (χ0) is 19.5. The normalized spacial score (nSPS) is 10.8. The highest BCUT2D eigenvalue weighted by atomic mass is 32.1. The second-order valence-electron chi connectivity index (χ2n) is 5.68. The second kappa shape index (κ2) is 7.91. The molecule has 0 fully saturated rings. The molecule has 0 radical (unpaired) electrons. The fourth-order valence-electron chi connectivity index (χ4n) is 2.40. The Bertz CT molecular complexity index is 1130. The molecular weight excluding hydrogens is 401 g/mol. The first-order valence-corrected chi connectivity index (χ1v) is 9.89. The molecule has 2 aromatic carbocycles. The summed E-state index contributed by atoms with van der Waals surface area (Å²) >= 11 is 2.68. The number of thiazole rings is 2. The van der Waals surface area contributed by atoms with Crippen molar-refractivity contribution >= 4 is 43.9 Å². The SMILES string of the molecule is COc1ccc2nc(NC(=O)c3csc(COc4ccc(F)cc4)n3)sc2c1. The summed E-state index contributed by atoms with van der Waals surface area (Å²) in [5, 5.41) is 5.56. The van der Waals surface area contributed by atoms with Gasteiger partial charge in [-0.05, 0) is 42.5 Å². The minimum Gasteiger partial charge on any atom is -0.497 e. The third-order valence-corrected chi connectivity index (χ3v) is 5.53. The molecule has 0 aliphatic heterocycles. The van der Waals surface area contributed by atoms with Gasteiger partial charge in [0, 0.05) is 5.38 Å². The van der Waals surface area contributed by atoms with E-state index in [0.29, 0.717) is 21.6 Å². The van der Waals surface area contributed by atoms with Crippen molar-refractivity contribution in [1.82, 2.24) is 9.97 Å². The van der Waals surface area contributed by atoms with E-state index in [1.807, 2.05) is 18.2 Å². The quantitative estimate of drug-likeness (QED) is 0.493. The first-order valence-electron chi connectivity index (χ1n) is 8.19. The van der Waals surface area contributed by atoms with Crippen LogP contribution in [0, 0.1) is 5.82 Å². The van der Waals surface area contributed by atoms with Crippen molar-refractivity contribution in [2.75, 3.05) is 12.4 Å². The van der Waals surface area contributed by atoms with Gasteiger partial charge < -0.3 is 9.47 Å². The number of amides is 1. The number of halogens is 1. The molecule has 0 aliphatic rings. The number of anilines is 1. The minimum absolute atomic E-state index is 0.199. The molecule has 4 aromatic rings. The van der Waals surface area contributed by atoms with E-state index in [9.17, 15) is 9.18 Å². The predicted octanol–water partition coefficient (Wildman–Crippen LogP) is 4.73. The van der Waals surface area contributed by atoms with E-state index in [2.05, 4.69) is 15.3 Å². The van der Waals surface area contributed by atoms with Gasteiger partial charge in [-0.2, -0.15) is 0 Å². The number of nitrogens with zero attached hydrogens (tertiary/aromatic N) is 2. The van der Waals surface area contributed by atoms with Crippen LogP contribution in [0.2, 0.25) is 0 Å². The van der Waals surface area contributed by atoms with Crippen molar-refractivity contribution in [2.24, 2.45) is 0 Å². The number of benzene rings is 2. The first kappa shape index (κ1) is 18.3. The zero-order valence-corrected chi connectivity index (χ0v) is 16.3. The van der Waals surface area contributed by atoms with E-state index >= 15 is 0 Å². The van der Waals surface area contributed by atoms with Gasteiger partial charge in [0.05, 0.1) is 17.3 Å². The van der Waals surface area contributed by atoms with Crippen LogP contribution in [0.25, 0.3) is 10.2 Å². The number of nitrogens with one attached hydrogen (secondary N) is 1. The predicted molar refractivity (Wildman–Crippen MR) is 107 cm³/mol. The summed E-state index contributed by atoms with van der Waals surface area (Å²) in [6.45, 7) is 0.199. The lowest BCUT2D eigenvalue weighted by Crippen LogP contribution is -2.12. The number of ether oxygens (including phenoxy) is 2. The Morgan fingerprint density at radius 3 is 2.71 bits per heavy atom. The Hall–Kier alpha value is -3.04. The standard InChI is InChI=1S/C19H14FN3O3S2/c1-25-13-6-7-14-16(8-13)28-19(22-14)23-18(24)15-10-27-17(21-15)9-26-12-4-2-11(20)3-5-12/h2-8,10H,9H2,1H3,(H,22,23,24). The van der Waals surface area contributed by atoms with Crippen molar-refractivity contribution in [3.05, 3.63) is 64.4 Å². The van der Waals surface area contributed by atoms with Gasteiger partial charge in [-0.15, -0.1) is 11.3 Å². The molecule has 0 bridgehead atoms. The molecule has 28 heavy (non-hydrogen) atoms. The minimum atomic E-state index is -0.338. The van der Waals surface area contributed by atoms with Crippen LogP contribution in [-0.2, 0) is 6.61 Å². The molecule has 6 nitrogen and oxygen atoms in total. The van der Waals surface area contributed by atoms with Crippen LogP contribution in [0.1, 0.15) is 15.5 Å². The Labute approximate surface area is 167 Å². The van der Waals surface area contributed by atoms with Crippen LogP contribution in [0.5, 0.6) is 11.5 Å². The van der Waals surface area contributed by atoms with Crippen LogP contribution < -0.4 is 14.8 Å². The van der Waals surface area contributed by atoms with E-state index in [0.717, 1.165) is 16.0 Å². The maximum absolute atomic E-state index is 12.9. The Morgan fingerprint density at radius 1 is 1.14 bits per heavy atom. The van der Waals surface area contributed by atoms with E-state index in [1.165, 1.54) is 34.8 Å². The third kappa shape index (κ3) is 4.10. The van der Waals surface area contributed by atoms with Gasteiger partial charge in [0.2, 0.25) is 0 Å².